The number of carbonyl (C=O) groups excluding carboxylic acids is 2. The summed E-state index contributed by atoms with van der Waals surface area (Å²) in [6, 6.07) is 6.09. The fraction of sp³-hybridized carbons (Fsp3) is 0.250. The molecule has 3 rings (SSSR count). The fourth-order valence-corrected chi connectivity index (χ4v) is 3.64. The number of likely N-dealkylation sites (N-methyl/N-ethyl adjacent to an activating group) is 2. The van der Waals surface area contributed by atoms with Crippen molar-refractivity contribution in [3.63, 3.8) is 0 Å². The molecule has 0 saturated heterocycles. The smallest absolute Gasteiger partial charge is 0.358 e. The minimum atomic E-state index is -4.58. The molecule has 2 amide bonds. The summed E-state index contributed by atoms with van der Waals surface area (Å²) in [7, 11) is 2.98. The number of carbonyl (C=O) groups is 2. The highest BCUT2D eigenvalue weighted by atomic mass is 32.1. The molecule has 0 aliphatic heterocycles. The molecule has 2 heterocycles. The van der Waals surface area contributed by atoms with Crippen LogP contribution in [0, 0.1) is 6.92 Å². The molecule has 0 radical (unpaired) electrons. The van der Waals surface area contributed by atoms with E-state index in [4.69, 9.17) is 0 Å². The number of hydrogen-bond acceptors (Lipinski definition) is 7. The van der Waals surface area contributed by atoms with E-state index in [1.54, 1.807) is 12.1 Å². The lowest BCUT2D eigenvalue weighted by Gasteiger charge is -2.14. The zero-order valence-electron chi connectivity index (χ0n) is 17.3. The van der Waals surface area contributed by atoms with E-state index in [2.05, 4.69) is 25.6 Å². The van der Waals surface area contributed by atoms with E-state index in [0.717, 1.165) is 29.2 Å². The molecular formula is C20H19F3N6O2S. The number of aryl methyl sites for hydroxylation is 1. The maximum absolute atomic E-state index is 12.9. The maximum Gasteiger partial charge on any atom is 0.433 e. The summed E-state index contributed by atoms with van der Waals surface area (Å²) in [6.45, 7) is 1.73. The van der Waals surface area contributed by atoms with Crippen molar-refractivity contribution in [1.82, 2.24) is 25.2 Å². The first kappa shape index (κ1) is 23.1. The van der Waals surface area contributed by atoms with Crippen LogP contribution in [0.2, 0.25) is 0 Å². The third-order valence-corrected chi connectivity index (χ3v) is 5.29. The minimum absolute atomic E-state index is 0.0975. The summed E-state index contributed by atoms with van der Waals surface area (Å²) in [4.78, 5) is 37.4. The Morgan fingerprint density at radius 3 is 2.62 bits per heavy atom. The molecular weight excluding hydrogens is 445 g/mol. The average molecular weight is 464 g/mol. The van der Waals surface area contributed by atoms with E-state index in [1.165, 1.54) is 25.2 Å². The molecule has 0 spiro atoms. The van der Waals surface area contributed by atoms with Crippen molar-refractivity contribution in [2.75, 3.05) is 26.0 Å². The zero-order chi connectivity index (χ0) is 23.5. The molecule has 2 aromatic heterocycles. The normalized spacial score (nSPS) is 11.2. The molecule has 0 atom stereocenters. The van der Waals surface area contributed by atoms with Crippen LogP contribution in [-0.2, 0) is 11.0 Å². The van der Waals surface area contributed by atoms with Gasteiger partial charge in [-0.05, 0) is 36.2 Å². The zero-order valence-corrected chi connectivity index (χ0v) is 18.1. The van der Waals surface area contributed by atoms with Gasteiger partial charge in [0.25, 0.3) is 5.91 Å². The standard InChI is InChI=1S/C20H19F3N6O2S/c1-11-6-12(14-9-26-17(32-14)18(31)29(3)10-16(30)24-2)8-13(7-11)27-19-25-5-4-15(28-19)20(21,22)23/h4-9H,10H2,1-3H3,(H,24,30)(H,25,27,28). The van der Waals surface area contributed by atoms with Gasteiger partial charge in [0.05, 0.1) is 11.4 Å². The van der Waals surface area contributed by atoms with Crippen LogP contribution in [0.4, 0.5) is 24.8 Å². The molecule has 3 aromatic rings. The van der Waals surface area contributed by atoms with Crippen molar-refractivity contribution in [3.8, 4) is 10.4 Å². The van der Waals surface area contributed by atoms with Gasteiger partial charge in [-0.25, -0.2) is 15.0 Å². The van der Waals surface area contributed by atoms with Gasteiger partial charge in [-0.2, -0.15) is 13.2 Å². The number of amides is 2. The van der Waals surface area contributed by atoms with Gasteiger partial charge in [0, 0.05) is 32.2 Å². The van der Waals surface area contributed by atoms with Crippen molar-refractivity contribution < 1.29 is 22.8 Å². The highest BCUT2D eigenvalue weighted by Crippen LogP contribution is 2.31. The predicted octanol–water partition coefficient (Wildman–Crippen LogP) is 3.49. The van der Waals surface area contributed by atoms with E-state index in [0.29, 0.717) is 16.1 Å². The van der Waals surface area contributed by atoms with Crippen molar-refractivity contribution in [2.24, 2.45) is 0 Å². The number of alkyl halides is 3. The lowest BCUT2D eigenvalue weighted by molar-refractivity contribution is -0.141. The first-order valence-electron chi connectivity index (χ1n) is 9.28. The lowest BCUT2D eigenvalue weighted by atomic mass is 10.1. The van der Waals surface area contributed by atoms with Crippen LogP contribution >= 0.6 is 11.3 Å². The fourth-order valence-electron chi connectivity index (χ4n) is 2.74. The van der Waals surface area contributed by atoms with Gasteiger partial charge in [0.2, 0.25) is 11.9 Å². The summed E-state index contributed by atoms with van der Waals surface area (Å²) >= 11 is 1.14. The van der Waals surface area contributed by atoms with Crippen molar-refractivity contribution in [1.29, 1.82) is 0 Å². The Balaban J connectivity index is 1.83. The molecule has 8 nitrogen and oxygen atoms in total. The van der Waals surface area contributed by atoms with E-state index in [9.17, 15) is 22.8 Å². The van der Waals surface area contributed by atoms with Gasteiger partial charge in [-0.1, -0.05) is 6.07 Å². The molecule has 168 valence electrons. The molecule has 0 aliphatic carbocycles. The Hall–Kier alpha value is -3.54. The first-order chi connectivity index (χ1) is 15.1. The van der Waals surface area contributed by atoms with Crippen LogP contribution in [0.1, 0.15) is 21.1 Å². The van der Waals surface area contributed by atoms with Crippen molar-refractivity contribution in [3.05, 3.63) is 52.9 Å². The molecule has 32 heavy (non-hydrogen) atoms. The van der Waals surface area contributed by atoms with Gasteiger partial charge in [-0.15, -0.1) is 11.3 Å². The van der Waals surface area contributed by atoms with Gasteiger partial charge >= 0.3 is 6.18 Å². The monoisotopic (exact) mass is 464 g/mol. The van der Waals surface area contributed by atoms with Crippen LogP contribution in [-0.4, -0.2) is 52.3 Å². The second-order valence-electron chi connectivity index (χ2n) is 6.84. The highest BCUT2D eigenvalue weighted by molar-refractivity contribution is 7.17. The summed E-state index contributed by atoms with van der Waals surface area (Å²) in [5.74, 6) is -0.885. The molecule has 12 heteroatoms. The minimum Gasteiger partial charge on any atom is -0.358 e. The van der Waals surface area contributed by atoms with Crippen molar-refractivity contribution in [2.45, 2.75) is 13.1 Å². The summed E-state index contributed by atoms with van der Waals surface area (Å²) < 4.78 is 38.7. The van der Waals surface area contributed by atoms with Crippen LogP contribution < -0.4 is 10.6 Å². The van der Waals surface area contributed by atoms with Crippen LogP contribution in [0.3, 0.4) is 0 Å². The molecule has 0 saturated carbocycles. The van der Waals surface area contributed by atoms with Gasteiger partial charge in [0.1, 0.15) is 5.69 Å². The van der Waals surface area contributed by atoms with E-state index < -0.39 is 17.8 Å². The first-order valence-corrected chi connectivity index (χ1v) is 10.1. The Kier molecular flexibility index (Phi) is 6.72. The Bertz CT molecular complexity index is 1150. The Morgan fingerprint density at radius 2 is 1.94 bits per heavy atom. The maximum atomic E-state index is 12.9. The van der Waals surface area contributed by atoms with E-state index >= 15 is 0 Å². The number of nitrogens with one attached hydrogen (secondary N) is 2. The third kappa shape index (κ3) is 5.58. The summed E-state index contributed by atoms with van der Waals surface area (Å²) in [5, 5.41) is 5.45. The van der Waals surface area contributed by atoms with Gasteiger partial charge in [-0.3, -0.25) is 9.59 Å². The number of aromatic nitrogens is 3. The Labute approximate surface area is 185 Å². The summed E-state index contributed by atoms with van der Waals surface area (Å²) in [6.07, 6.45) is -2.01. The Morgan fingerprint density at radius 1 is 1.19 bits per heavy atom. The predicted molar refractivity (Wildman–Crippen MR) is 114 cm³/mol. The molecule has 0 unspecified atom stereocenters. The second kappa shape index (κ2) is 9.30. The number of nitrogens with zero attached hydrogens (tertiary/aromatic N) is 4. The van der Waals surface area contributed by atoms with Crippen molar-refractivity contribution >= 4 is 34.8 Å². The summed E-state index contributed by atoms with van der Waals surface area (Å²) in [5.41, 5.74) is 0.978. The van der Waals surface area contributed by atoms with Crippen LogP contribution in [0.25, 0.3) is 10.4 Å². The lowest BCUT2D eigenvalue weighted by Crippen LogP contribution is -2.36. The van der Waals surface area contributed by atoms with E-state index in [1.807, 2.05) is 13.0 Å². The number of benzene rings is 1. The molecule has 0 bridgehead atoms. The second-order valence-corrected chi connectivity index (χ2v) is 7.87. The molecule has 0 aliphatic rings. The number of hydrogen-bond donors (Lipinski definition) is 2. The van der Waals surface area contributed by atoms with E-state index in [-0.39, 0.29) is 23.4 Å². The molecule has 2 N–H and O–H groups in total. The SMILES string of the molecule is CNC(=O)CN(C)C(=O)c1ncc(-c2cc(C)cc(Nc3nccc(C(F)(F)F)n3)c2)s1. The average Bonchev–Trinajstić information content (AvgIpc) is 3.22. The molecule has 0 fully saturated rings. The largest absolute Gasteiger partial charge is 0.433 e. The van der Waals surface area contributed by atoms with Gasteiger partial charge in [0.15, 0.2) is 5.01 Å². The topological polar surface area (TPSA) is 100 Å². The highest BCUT2D eigenvalue weighted by Gasteiger charge is 2.32. The van der Waals surface area contributed by atoms with Crippen LogP contribution in [0.5, 0.6) is 0 Å². The number of rotatable bonds is 6. The number of anilines is 2. The third-order valence-electron chi connectivity index (χ3n) is 4.26. The molecule has 1 aromatic carbocycles. The number of thiazole rings is 1. The number of halogens is 3. The quantitative estimate of drug-likeness (QED) is 0.579. The van der Waals surface area contributed by atoms with Gasteiger partial charge < -0.3 is 15.5 Å². The van der Waals surface area contributed by atoms with Crippen LogP contribution in [0.15, 0.2) is 36.7 Å².